The summed E-state index contributed by atoms with van der Waals surface area (Å²) < 4.78 is 10.8. The number of aromatic hydroxyl groups is 1. The zero-order chi connectivity index (χ0) is 13.9. The van der Waals surface area contributed by atoms with Crippen LogP contribution in [-0.2, 0) is 10.3 Å². The minimum Gasteiger partial charge on any atom is -0.507 e. The Morgan fingerprint density at radius 3 is 2.53 bits per heavy atom. The molecule has 1 aromatic carbocycles. The van der Waals surface area contributed by atoms with Crippen LogP contribution in [0.1, 0.15) is 32.5 Å². The molecule has 0 radical (unpaired) electrons. The number of hydrogen-bond acceptors (Lipinski definition) is 5. The van der Waals surface area contributed by atoms with Crippen LogP contribution in [-0.4, -0.2) is 22.4 Å². The van der Waals surface area contributed by atoms with Crippen LogP contribution in [0.5, 0.6) is 5.75 Å². The van der Waals surface area contributed by atoms with Crippen molar-refractivity contribution in [3.63, 3.8) is 0 Å². The van der Waals surface area contributed by atoms with E-state index in [0.29, 0.717) is 17.3 Å². The quantitative estimate of drug-likeness (QED) is 0.896. The van der Waals surface area contributed by atoms with Crippen LogP contribution in [0.15, 0.2) is 28.8 Å². The normalized spacial score (nSPS) is 11.7. The van der Waals surface area contributed by atoms with E-state index in [4.69, 9.17) is 9.26 Å². The minimum absolute atomic E-state index is 0.119. The number of aromatic nitrogens is 2. The van der Waals surface area contributed by atoms with Gasteiger partial charge in [-0.15, -0.1) is 0 Å². The van der Waals surface area contributed by atoms with Crippen molar-refractivity contribution in [1.29, 1.82) is 0 Å². The maximum Gasteiger partial charge on any atom is 0.261 e. The third-order valence-corrected chi connectivity index (χ3v) is 3.50. The number of benzene rings is 1. The van der Waals surface area contributed by atoms with Crippen molar-refractivity contribution in [2.75, 3.05) is 7.11 Å². The van der Waals surface area contributed by atoms with Crippen LogP contribution in [0.2, 0.25) is 0 Å². The lowest BCUT2D eigenvalue weighted by molar-refractivity contribution is -0.0306. The van der Waals surface area contributed by atoms with Crippen molar-refractivity contribution >= 4 is 0 Å². The van der Waals surface area contributed by atoms with E-state index in [1.54, 1.807) is 25.3 Å². The fraction of sp³-hybridized carbons (Fsp3) is 0.429. The highest BCUT2D eigenvalue weighted by Gasteiger charge is 2.34. The highest BCUT2D eigenvalue weighted by atomic mass is 16.5. The Balaban J connectivity index is 2.42. The van der Waals surface area contributed by atoms with Crippen molar-refractivity contribution in [3.8, 4) is 17.2 Å². The zero-order valence-electron chi connectivity index (χ0n) is 11.4. The van der Waals surface area contributed by atoms with E-state index in [1.165, 1.54) is 0 Å². The maximum absolute atomic E-state index is 9.79. The topological polar surface area (TPSA) is 68.4 Å². The molecule has 5 heteroatoms. The van der Waals surface area contributed by atoms with Crippen LogP contribution >= 0.6 is 0 Å². The van der Waals surface area contributed by atoms with Gasteiger partial charge in [0, 0.05) is 7.11 Å². The summed E-state index contributed by atoms with van der Waals surface area (Å²) in [6.45, 7) is 4.03. The second-order valence-corrected chi connectivity index (χ2v) is 4.35. The lowest BCUT2D eigenvalue weighted by atomic mass is 9.96. The molecule has 1 aromatic heterocycles. The summed E-state index contributed by atoms with van der Waals surface area (Å²) in [6, 6.07) is 6.87. The number of ether oxygens (including phenoxy) is 1. The smallest absolute Gasteiger partial charge is 0.261 e. The summed E-state index contributed by atoms with van der Waals surface area (Å²) in [6.07, 6.45) is 1.50. The van der Waals surface area contributed by atoms with Crippen LogP contribution in [0.4, 0.5) is 0 Å². The molecule has 5 nitrogen and oxygen atoms in total. The number of phenolic OH excluding ortho intramolecular Hbond substituents is 1. The molecule has 0 saturated carbocycles. The van der Waals surface area contributed by atoms with Gasteiger partial charge in [-0.2, -0.15) is 4.98 Å². The number of nitrogens with zero attached hydrogens (tertiary/aromatic N) is 2. The molecule has 0 spiro atoms. The summed E-state index contributed by atoms with van der Waals surface area (Å²) in [7, 11) is 1.64. The predicted molar refractivity (Wildman–Crippen MR) is 70.7 cm³/mol. The third-order valence-electron chi connectivity index (χ3n) is 3.50. The molecular formula is C14H18N2O3. The van der Waals surface area contributed by atoms with E-state index in [1.807, 2.05) is 19.9 Å². The first-order valence-electron chi connectivity index (χ1n) is 6.34. The van der Waals surface area contributed by atoms with Gasteiger partial charge in [-0.3, -0.25) is 0 Å². The van der Waals surface area contributed by atoms with Gasteiger partial charge in [0.2, 0.25) is 5.82 Å². The minimum atomic E-state index is -0.536. The number of rotatable bonds is 5. The predicted octanol–water partition coefficient (Wildman–Crippen LogP) is 3.10. The summed E-state index contributed by atoms with van der Waals surface area (Å²) in [5, 5.41) is 13.8. The molecule has 0 bridgehead atoms. The molecule has 1 heterocycles. The first-order valence-corrected chi connectivity index (χ1v) is 6.34. The molecule has 0 aliphatic rings. The van der Waals surface area contributed by atoms with Gasteiger partial charge >= 0.3 is 0 Å². The average Bonchev–Trinajstić information content (AvgIpc) is 2.92. The lowest BCUT2D eigenvalue weighted by Gasteiger charge is -2.25. The summed E-state index contributed by atoms with van der Waals surface area (Å²) >= 11 is 0. The molecule has 2 rings (SSSR count). The van der Waals surface area contributed by atoms with Crippen molar-refractivity contribution < 1.29 is 14.4 Å². The molecular weight excluding hydrogens is 244 g/mol. The Hall–Kier alpha value is -1.88. The average molecular weight is 262 g/mol. The van der Waals surface area contributed by atoms with E-state index in [2.05, 4.69) is 10.1 Å². The summed E-state index contributed by atoms with van der Waals surface area (Å²) in [4.78, 5) is 4.36. The molecule has 1 N–H and O–H groups in total. The van der Waals surface area contributed by atoms with E-state index in [-0.39, 0.29) is 5.75 Å². The van der Waals surface area contributed by atoms with Crippen molar-refractivity contribution in [1.82, 2.24) is 10.1 Å². The molecule has 0 aliphatic heterocycles. The maximum atomic E-state index is 9.79. The van der Waals surface area contributed by atoms with Gasteiger partial charge in [0.05, 0.1) is 5.56 Å². The summed E-state index contributed by atoms with van der Waals surface area (Å²) in [5.74, 6) is 0.934. The number of phenols is 1. The van der Waals surface area contributed by atoms with Crippen molar-refractivity contribution in [3.05, 3.63) is 30.1 Å². The molecule has 0 amide bonds. The highest BCUT2D eigenvalue weighted by molar-refractivity contribution is 5.61. The lowest BCUT2D eigenvalue weighted by Crippen LogP contribution is -2.28. The molecule has 0 aliphatic carbocycles. The molecule has 0 saturated heterocycles. The Morgan fingerprint density at radius 1 is 1.26 bits per heavy atom. The monoisotopic (exact) mass is 262 g/mol. The highest BCUT2D eigenvalue weighted by Crippen LogP contribution is 2.33. The number of para-hydroxylation sites is 1. The molecule has 19 heavy (non-hydrogen) atoms. The van der Waals surface area contributed by atoms with Gasteiger partial charge < -0.3 is 14.4 Å². The van der Waals surface area contributed by atoms with E-state index in [0.717, 1.165) is 12.8 Å². The molecule has 0 fully saturated rings. The third kappa shape index (κ3) is 2.33. The van der Waals surface area contributed by atoms with Crippen LogP contribution in [0.25, 0.3) is 11.5 Å². The Morgan fingerprint density at radius 2 is 1.95 bits per heavy atom. The SMILES string of the molecule is CCC(CC)(OC)c1noc(-c2ccccc2O)n1. The van der Waals surface area contributed by atoms with Gasteiger partial charge in [-0.25, -0.2) is 0 Å². The molecule has 2 aromatic rings. The Labute approximate surface area is 112 Å². The zero-order valence-corrected chi connectivity index (χ0v) is 11.4. The fourth-order valence-electron chi connectivity index (χ4n) is 2.12. The van der Waals surface area contributed by atoms with Gasteiger partial charge in [-0.05, 0) is 25.0 Å². The van der Waals surface area contributed by atoms with E-state index in [9.17, 15) is 5.11 Å². The van der Waals surface area contributed by atoms with Crippen LogP contribution in [0.3, 0.4) is 0 Å². The standard InChI is InChI=1S/C14H18N2O3/c1-4-14(5-2,18-3)13-15-12(19-16-13)10-8-6-7-9-11(10)17/h6-9,17H,4-5H2,1-3H3. The molecule has 0 atom stereocenters. The summed E-state index contributed by atoms with van der Waals surface area (Å²) in [5.41, 5.74) is -0.00921. The van der Waals surface area contributed by atoms with Gasteiger partial charge in [-0.1, -0.05) is 31.1 Å². The van der Waals surface area contributed by atoms with Crippen LogP contribution in [0, 0.1) is 0 Å². The van der Waals surface area contributed by atoms with Gasteiger partial charge in [0.25, 0.3) is 5.89 Å². The Kier molecular flexibility index (Phi) is 3.85. The fourth-order valence-corrected chi connectivity index (χ4v) is 2.12. The van der Waals surface area contributed by atoms with Crippen molar-refractivity contribution in [2.45, 2.75) is 32.3 Å². The van der Waals surface area contributed by atoms with E-state index >= 15 is 0 Å². The first-order chi connectivity index (χ1) is 9.16. The second-order valence-electron chi connectivity index (χ2n) is 4.35. The first kappa shape index (κ1) is 13.5. The molecule has 102 valence electrons. The Bertz CT molecular complexity index is 539. The molecule has 0 unspecified atom stereocenters. The second kappa shape index (κ2) is 5.40. The van der Waals surface area contributed by atoms with Crippen molar-refractivity contribution in [2.24, 2.45) is 0 Å². The number of methoxy groups -OCH3 is 1. The van der Waals surface area contributed by atoms with Crippen LogP contribution < -0.4 is 0 Å². The largest absolute Gasteiger partial charge is 0.507 e. The van der Waals surface area contributed by atoms with Gasteiger partial charge in [0.15, 0.2) is 0 Å². The van der Waals surface area contributed by atoms with Gasteiger partial charge in [0.1, 0.15) is 11.4 Å². The number of hydrogen-bond donors (Lipinski definition) is 1. The van der Waals surface area contributed by atoms with E-state index < -0.39 is 5.60 Å².